The van der Waals surface area contributed by atoms with Gasteiger partial charge in [-0.3, -0.25) is 4.90 Å². The third kappa shape index (κ3) is 7.74. The lowest BCUT2D eigenvalue weighted by Gasteiger charge is -2.33. The fourth-order valence-corrected chi connectivity index (χ4v) is 2.10. The van der Waals surface area contributed by atoms with Crippen molar-refractivity contribution in [2.75, 3.05) is 39.4 Å². The minimum absolute atomic E-state index is 0.618. The van der Waals surface area contributed by atoms with Crippen molar-refractivity contribution >= 4 is 0 Å². The summed E-state index contributed by atoms with van der Waals surface area (Å²) in [7, 11) is 0. The number of rotatable bonds is 11. The van der Waals surface area contributed by atoms with Gasteiger partial charge >= 0.3 is 0 Å². The van der Waals surface area contributed by atoms with Crippen LogP contribution in [0.25, 0.3) is 0 Å². The van der Waals surface area contributed by atoms with Crippen molar-refractivity contribution in [3.8, 4) is 0 Å². The smallest absolute Gasteiger partial charge is 0.0593 e. The Bertz CT molecular complexity index is 162. The molecule has 0 bridgehead atoms. The van der Waals surface area contributed by atoms with Crippen LogP contribution in [0.4, 0.5) is 0 Å². The van der Waals surface area contributed by atoms with Crippen LogP contribution < -0.4 is 5.32 Å². The summed E-state index contributed by atoms with van der Waals surface area (Å²) in [5, 5.41) is 3.54. The lowest BCUT2D eigenvalue weighted by atomic mass is 10.0. The highest BCUT2D eigenvalue weighted by molar-refractivity contribution is 4.76. The zero-order valence-corrected chi connectivity index (χ0v) is 12.5. The number of nitrogens with zero attached hydrogens (tertiary/aromatic N) is 1. The topological polar surface area (TPSA) is 24.5 Å². The maximum Gasteiger partial charge on any atom is 0.0593 e. The summed E-state index contributed by atoms with van der Waals surface area (Å²) >= 11 is 0. The van der Waals surface area contributed by atoms with Gasteiger partial charge in [0.2, 0.25) is 0 Å². The Kier molecular flexibility index (Phi) is 10.9. The molecule has 0 fully saturated rings. The quantitative estimate of drug-likeness (QED) is 0.565. The second kappa shape index (κ2) is 11.0. The largest absolute Gasteiger partial charge is 0.380 e. The Morgan fingerprint density at radius 1 is 1.18 bits per heavy atom. The summed E-state index contributed by atoms with van der Waals surface area (Å²) in [6, 6.07) is 0.618. The number of hydrogen-bond acceptors (Lipinski definition) is 3. The molecule has 0 saturated carbocycles. The first-order chi connectivity index (χ1) is 8.17. The van der Waals surface area contributed by atoms with Crippen molar-refractivity contribution in [3.05, 3.63) is 0 Å². The molecule has 1 atom stereocenters. The van der Waals surface area contributed by atoms with Gasteiger partial charge in [0.1, 0.15) is 0 Å². The third-order valence-electron chi connectivity index (χ3n) is 3.15. The number of ether oxygens (including phenoxy) is 1. The van der Waals surface area contributed by atoms with E-state index in [4.69, 9.17) is 4.74 Å². The van der Waals surface area contributed by atoms with Crippen LogP contribution in [0.5, 0.6) is 0 Å². The molecule has 0 radical (unpaired) electrons. The van der Waals surface area contributed by atoms with Gasteiger partial charge in [-0.15, -0.1) is 0 Å². The highest BCUT2D eigenvalue weighted by Crippen LogP contribution is 2.09. The normalized spacial score (nSPS) is 13.6. The molecule has 0 amide bonds. The number of likely N-dealkylation sites (N-methyl/N-ethyl adjacent to an activating group) is 1. The summed E-state index contributed by atoms with van der Waals surface area (Å²) in [6.07, 6.45) is 1.20. The molecule has 0 aromatic heterocycles. The van der Waals surface area contributed by atoms with Gasteiger partial charge in [0.05, 0.1) is 6.61 Å². The van der Waals surface area contributed by atoms with E-state index >= 15 is 0 Å². The van der Waals surface area contributed by atoms with Crippen molar-refractivity contribution in [3.63, 3.8) is 0 Å². The minimum Gasteiger partial charge on any atom is -0.380 e. The van der Waals surface area contributed by atoms with Crippen molar-refractivity contribution < 1.29 is 4.74 Å². The Labute approximate surface area is 108 Å². The number of nitrogens with one attached hydrogen (secondary N) is 1. The van der Waals surface area contributed by atoms with Crippen LogP contribution in [0, 0.1) is 5.92 Å². The molecule has 0 aromatic carbocycles. The fourth-order valence-electron chi connectivity index (χ4n) is 2.10. The maximum atomic E-state index is 5.46. The van der Waals surface area contributed by atoms with Crippen LogP contribution >= 0.6 is 0 Å². The van der Waals surface area contributed by atoms with Gasteiger partial charge in [0.25, 0.3) is 0 Å². The van der Waals surface area contributed by atoms with Crippen molar-refractivity contribution in [2.24, 2.45) is 5.92 Å². The molecule has 0 heterocycles. The highest BCUT2D eigenvalue weighted by Gasteiger charge is 2.19. The van der Waals surface area contributed by atoms with E-state index in [1.54, 1.807) is 0 Å². The Hall–Kier alpha value is -0.120. The van der Waals surface area contributed by atoms with E-state index in [-0.39, 0.29) is 0 Å². The van der Waals surface area contributed by atoms with Crippen LogP contribution in [-0.2, 0) is 4.74 Å². The summed E-state index contributed by atoms with van der Waals surface area (Å²) in [5.74, 6) is 0.681. The lowest BCUT2D eigenvalue weighted by molar-refractivity contribution is 0.0834. The van der Waals surface area contributed by atoms with Gasteiger partial charge in [0, 0.05) is 25.7 Å². The van der Waals surface area contributed by atoms with E-state index in [1.165, 1.54) is 6.42 Å². The molecule has 0 aliphatic carbocycles. The van der Waals surface area contributed by atoms with Crippen LogP contribution in [-0.4, -0.2) is 50.3 Å². The molecule has 0 aliphatic heterocycles. The lowest BCUT2D eigenvalue weighted by Crippen LogP contribution is -2.47. The molecule has 0 rings (SSSR count). The van der Waals surface area contributed by atoms with E-state index < -0.39 is 0 Å². The van der Waals surface area contributed by atoms with Gasteiger partial charge in [-0.05, 0) is 32.4 Å². The van der Waals surface area contributed by atoms with E-state index in [1.807, 2.05) is 0 Å². The van der Waals surface area contributed by atoms with E-state index in [0.717, 1.165) is 39.4 Å². The molecule has 0 saturated heterocycles. The van der Waals surface area contributed by atoms with Crippen molar-refractivity contribution in [1.82, 2.24) is 10.2 Å². The molecule has 0 aromatic rings. The predicted octanol–water partition coefficient (Wildman–Crippen LogP) is 2.37. The monoisotopic (exact) mass is 244 g/mol. The Morgan fingerprint density at radius 3 is 2.35 bits per heavy atom. The maximum absolute atomic E-state index is 5.46. The molecule has 3 heteroatoms. The second-order valence-corrected chi connectivity index (χ2v) is 4.84. The van der Waals surface area contributed by atoms with Crippen LogP contribution in [0.3, 0.4) is 0 Å². The fraction of sp³-hybridized carbons (Fsp3) is 1.00. The van der Waals surface area contributed by atoms with Gasteiger partial charge in [0.15, 0.2) is 0 Å². The first-order valence-corrected chi connectivity index (χ1v) is 7.19. The molecule has 104 valence electrons. The van der Waals surface area contributed by atoms with E-state index in [0.29, 0.717) is 12.0 Å². The zero-order chi connectivity index (χ0) is 13.1. The Morgan fingerprint density at radius 2 is 1.88 bits per heavy atom. The second-order valence-electron chi connectivity index (χ2n) is 4.84. The number of hydrogen-bond donors (Lipinski definition) is 1. The molecular formula is C14H32N2O. The average molecular weight is 244 g/mol. The van der Waals surface area contributed by atoms with Gasteiger partial charge in [-0.2, -0.15) is 0 Å². The minimum atomic E-state index is 0.618. The first kappa shape index (κ1) is 16.9. The van der Waals surface area contributed by atoms with E-state index in [9.17, 15) is 0 Å². The highest BCUT2D eigenvalue weighted by atomic mass is 16.5. The molecule has 1 N–H and O–H groups in total. The first-order valence-electron chi connectivity index (χ1n) is 7.19. The third-order valence-corrected chi connectivity index (χ3v) is 3.15. The zero-order valence-electron chi connectivity index (χ0n) is 12.5. The van der Waals surface area contributed by atoms with E-state index in [2.05, 4.69) is 44.8 Å². The molecule has 1 unspecified atom stereocenters. The summed E-state index contributed by atoms with van der Waals surface area (Å²) in [6.45, 7) is 17.1. The van der Waals surface area contributed by atoms with Gasteiger partial charge in [-0.1, -0.05) is 27.7 Å². The molecular weight excluding hydrogens is 212 g/mol. The van der Waals surface area contributed by atoms with Crippen LogP contribution in [0.15, 0.2) is 0 Å². The standard InChI is InChI=1S/C14H32N2O/c1-6-9-15-12-14(13(4)5)16(7-2)10-11-17-8-3/h13-15H,6-12H2,1-5H3. The van der Waals surface area contributed by atoms with Crippen molar-refractivity contribution in [1.29, 1.82) is 0 Å². The molecule has 0 aliphatic rings. The summed E-state index contributed by atoms with van der Waals surface area (Å²) in [5.41, 5.74) is 0. The molecule has 17 heavy (non-hydrogen) atoms. The molecule has 0 spiro atoms. The summed E-state index contributed by atoms with van der Waals surface area (Å²) < 4.78 is 5.46. The molecule has 3 nitrogen and oxygen atoms in total. The van der Waals surface area contributed by atoms with Gasteiger partial charge in [-0.25, -0.2) is 0 Å². The predicted molar refractivity (Wildman–Crippen MR) is 75.5 cm³/mol. The Balaban J connectivity index is 4.11. The average Bonchev–Trinajstić information content (AvgIpc) is 2.31. The van der Waals surface area contributed by atoms with Crippen LogP contribution in [0.2, 0.25) is 0 Å². The SMILES string of the molecule is CCCNCC(C(C)C)N(CC)CCOCC. The van der Waals surface area contributed by atoms with Crippen molar-refractivity contribution in [2.45, 2.75) is 47.1 Å². The van der Waals surface area contributed by atoms with Gasteiger partial charge < -0.3 is 10.1 Å². The summed E-state index contributed by atoms with van der Waals surface area (Å²) in [4.78, 5) is 2.53. The van der Waals surface area contributed by atoms with Crippen LogP contribution in [0.1, 0.15) is 41.0 Å².